The van der Waals surface area contributed by atoms with Gasteiger partial charge in [0.05, 0.1) is 25.2 Å². The van der Waals surface area contributed by atoms with E-state index in [1.807, 2.05) is 0 Å². The summed E-state index contributed by atoms with van der Waals surface area (Å²) in [6.45, 7) is 0. The fourth-order valence-corrected chi connectivity index (χ4v) is 1.78. The molecule has 0 saturated heterocycles. The zero-order valence-electron chi connectivity index (χ0n) is 11.1. The molecule has 21 heavy (non-hydrogen) atoms. The number of benzene rings is 1. The summed E-state index contributed by atoms with van der Waals surface area (Å²) in [6, 6.07) is 2.58. The summed E-state index contributed by atoms with van der Waals surface area (Å²) in [5.41, 5.74) is -0.362. The molecule has 0 fully saturated rings. The number of carboxylic acids is 1. The van der Waals surface area contributed by atoms with Crippen molar-refractivity contribution in [3.8, 4) is 17.2 Å². The van der Waals surface area contributed by atoms with E-state index in [0.29, 0.717) is 0 Å². The Morgan fingerprint density at radius 1 is 1.33 bits per heavy atom. The van der Waals surface area contributed by atoms with Crippen LogP contribution in [0.1, 0.15) is 10.5 Å². The maximum absolute atomic E-state index is 11.2. The van der Waals surface area contributed by atoms with Crippen LogP contribution >= 0.6 is 0 Å². The maximum Gasteiger partial charge on any atom is 0.356 e. The van der Waals surface area contributed by atoms with Crippen molar-refractivity contribution in [2.45, 2.75) is 0 Å². The first-order valence-electron chi connectivity index (χ1n) is 5.66. The van der Waals surface area contributed by atoms with Gasteiger partial charge in [0.1, 0.15) is 12.0 Å². The third kappa shape index (κ3) is 2.61. The van der Waals surface area contributed by atoms with E-state index in [-0.39, 0.29) is 28.6 Å². The number of hydrogen-bond acceptors (Lipinski definition) is 6. The van der Waals surface area contributed by atoms with E-state index in [0.717, 1.165) is 0 Å². The molecule has 0 bridgehead atoms. The minimum absolute atomic E-state index is 0.123. The van der Waals surface area contributed by atoms with Gasteiger partial charge >= 0.3 is 5.97 Å². The number of ether oxygens (including phenoxy) is 2. The normalized spacial score (nSPS) is 10.2. The lowest BCUT2D eigenvalue weighted by atomic mass is 10.2. The average molecular weight is 293 g/mol. The van der Waals surface area contributed by atoms with Gasteiger partial charge in [0.2, 0.25) is 0 Å². The largest absolute Gasteiger partial charge is 0.493 e. The number of aromatic carboxylic acids is 1. The first-order chi connectivity index (χ1) is 9.97. The summed E-state index contributed by atoms with van der Waals surface area (Å²) >= 11 is 0. The first-order valence-corrected chi connectivity index (χ1v) is 5.66. The van der Waals surface area contributed by atoms with E-state index in [4.69, 9.17) is 14.6 Å². The summed E-state index contributed by atoms with van der Waals surface area (Å²) in [7, 11) is 2.76. The molecule has 1 aromatic heterocycles. The van der Waals surface area contributed by atoms with Crippen LogP contribution in [0.2, 0.25) is 0 Å². The third-order valence-corrected chi connectivity index (χ3v) is 2.76. The molecule has 0 atom stereocenters. The van der Waals surface area contributed by atoms with Crippen molar-refractivity contribution in [2.24, 2.45) is 0 Å². The summed E-state index contributed by atoms with van der Waals surface area (Å²) in [4.78, 5) is 25.1. The molecule has 110 valence electrons. The van der Waals surface area contributed by atoms with Gasteiger partial charge in [-0.15, -0.1) is 0 Å². The third-order valence-electron chi connectivity index (χ3n) is 2.76. The highest BCUT2D eigenvalue weighted by Gasteiger charge is 2.21. The maximum atomic E-state index is 11.2. The van der Waals surface area contributed by atoms with E-state index in [2.05, 4.69) is 4.98 Å². The summed E-state index contributed by atoms with van der Waals surface area (Å²) < 4.78 is 11.3. The molecule has 0 radical (unpaired) electrons. The molecular weight excluding hydrogens is 282 g/mol. The molecule has 1 aromatic carbocycles. The highest BCUT2D eigenvalue weighted by molar-refractivity contribution is 5.85. The fraction of sp³-hybridized carbons (Fsp3) is 0.167. The molecule has 2 aromatic rings. The van der Waals surface area contributed by atoms with Gasteiger partial charge in [-0.3, -0.25) is 14.7 Å². The van der Waals surface area contributed by atoms with Crippen LogP contribution in [-0.4, -0.2) is 39.8 Å². The lowest BCUT2D eigenvalue weighted by Crippen LogP contribution is -2.01. The Bertz CT molecular complexity index is 709. The summed E-state index contributed by atoms with van der Waals surface area (Å²) in [6.07, 6.45) is 2.36. The number of methoxy groups -OCH3 is 2. The van der Waals surface area contributed by atoms with Gasteiger partial charge in [-0.1, -0.05) is 0 Å². The molecule has 1 heterocycles. The Morgan fingerprint density at radius 2 is 1.95 bits per heavy atom. The Balaban J connectivity index is 2.64. The molecule has 0 aliphatic rings. The number of nitro benzene ring substituents is 1. The molecule has 1 N–H and O–H groups in total. The molecule has 0 aliphatic carbocycles. The van der Waals surface area contributed by atoms with E-state index < -0.39 is 10.9 Å². The topological polar surface area (TPSA) is 117 Å². The van der Waals surface area contributed by atoms with Gasteiger partial charge < -0.3 is 14.6 Å². The van der Waals surface area contributed by atoms with Crippen molar-refractivity contribution in [1.82, 2.24) is 9.55 Å². The lowest BCUT2D eigenvalue weighted by Gasteiger charge is -2.10. The van der Waals surface area contributed by atoms with Crippen molar-refractivity contribution in [1.29, 1.82) is 0 Å². The van der Waals surface area contributed by atoms with Crippen LogP contribution in [-0.2, 0) is 0 Å². The fourth-order valence-electron chi connectivity index (χ4n) is 1.78. The van der Waals surface area contributed by atoms with Gasteiger partial charge in [0.25, 0.3) is 5.69 Å². The zero-order chi connectivity index (χ0) is 15.6. The molecule has 0 aliphatic heterocycles. The standard InChI is InChI=1S/C12H11N3O6/c1-20-10-3-8(9(15(18)19)4-11(10)21-2)14-5-7(12(16)17)13-6-14/h3-6H,1-2H3,(H,16,17). The van der Waals surface area contributed by atoms with Crippen LogP contribution in [0.15, 0.2) is 24.7 Å². The van der Waals surface area contributed by atoms with Gasteiger partial charge in [-0.25, -0.2) is 9.78 Å². The van der Waals surface area contributed by atoms with E-state index in [9.17, 15) is 14.9 Å². The highest BCUT2D eigenvalue weighted by atomic mass is 16.6. The minimum Gasteiger partial charge on any atom is -0.493 e. The second kappa shape index (κ2) is 5.49. The van der Waals surface area contributed by atoms with Crippen molar-refractivity contribution >= 4 is 11.7 Å². The van der Waals surface area contributed by atoms with Crippen LogP contribution in [0.25, 0.3) is 5.69 Å². The monoisotopic (exact) mass is 293 g/mol. The minimum atomic E-state index is -1.23. The van der Waals surface area contributed by atoms with Crippen LogP contribution in [0.5, 0.6) is 11.5 Å². The predicted octanol–water partition coefficient (Wildman–Crippen LogP) is 1.50. The predicted molar refractivity (Wildman–Crippen MR) is 70.3 cm³/mol. The number of carbonyl (C=O) groups is 1. The number of imidazole rings is 1. The number of nitrogens with zero attached hydrogens (tertiary/aromatic N) is 3. The molecule has 0 unspecified atom stereocenters. The second-order valence-electron chi connectivity index (χ2n) is 3.92. The number of hydrogen-bond donors (Lipinski definition) is 1. The first kappa shape index (κ1) is 14.3. The zero-order valence-corrected chi connectivity index (χ0v) is 11.1. The van der Waals surface area contributed by atoms with Gasteiger partial charge in [-0.2, -0.15) is 0 Å². The van der Waals surface area contributed by atoms with Crippen LogP contribution in [0.3, 0.4) is 0 Å². The van der Waals surface area contributed by atoms with Crippen molar-refractivity contribution in [2.75, 3.05) is 14.2 Å². The van der Waals surface area contributed by atoms with Crippen LogP contribution in [0, 0.1) is 10.1 Å². The number of rotatable bonds is 5. The Labute approximate surface area is 118 Å². The quantitative estimate of drug-likeness (QED) is 0.655. The Morgan fingerprint density at radius 3 is 2.43 bits per heavy atom. The molecule has 2 rings (SSSR count). The smallest absolute Gasteiger partial charge is 0.356 e. The number of nitro groups is 1. The average Bonchev–Trinajstić information content (AvgIpc) is 2.95. The molecule has 9 nitrogen and oxygen atoms in total. The molecule has 0 saturated carbocycles. The van der Waals surface area contributed by atoms with E-state index in [1.165, 1.54) is 43.4 Å². The molecule has 9 heteroatoms. The SMILES string of the molecule is COc1cc(-n2cnc(C(=O)O)c2)c([N+](=O)[O-])cc1OC. The lowest BCUT2D eigenvalue weighted by molar-refractivity contribution is -0.384. The van der Waals surface area contributed by atoms with Gasteiger partial charge in [-0.05, 0) is 0 Å². The molecule has 0 spiro atoms. The highest BCUT2D eigenvalue weighted by Crippen LogP contribution is 2.36. The Hall–Kier alpha value is -3.10. The molecular formula is C12H11N3O6. The van der Waals surface area contributed by atoms with Crippen LogP contribution < -0.4 is 9.47 Å². The van der Waals surface area contributed by atoms with E-state index >= 15 is 0 Å². The van der Waals surface area contributed by atoms with Crippen LogP contribution in [0.4, 0.5) is 5.69 Å². The number of carboxylic acid groups (broad SMARTS) is 1. The summed E-state index contributed by atoms with van der Waals surface area (Å²) in [5, 5.41) is 20.0. The second-order valence-corrected chi connectivity index (χ2v) is 3.92. The molecule has 0 amide bonds. The summed E-state index contributed by atoms with van der Waals surface area (Å²) in [5.74, 6) is -0.743. The van der Waals surface area contributed by atoms with E-state index in [1.54, 1.807) is 0 Å². The Kier molecular flexibility index (Phi) is 3.74. The number of aromatic nitrogens is 2. The van der Waals surface area contributed by atoms with Crippen molar-refractivity contribution in [3.05, 3.63) is 40.5 Å². The van der Waals surface area contributed by atoms with Crippen molar-refractivity contribution < 1.29 is 24.3 Å². The van der Waals surface area contributed by atoms with Gasteiger partial charge in [0, 0.05) is 12.3 Å². The van der Waals surface area contributed by atoms with Gasteiger partial charge in [0.15, 0.2) is 17.2 Å². The van der Waals surface area contributed by atoms with Crippen molar-refractivity contribution in [3.63, 3.8) is 0 Å².